The molecule has 2 aromatic carbocycles. The number of nitrogens with one attached hydrogen (secondary N) is 2. The van der Waals surface area contributed by atoms with Crippen LogP contribution in [0.5, 0.6) is 0 Å². The Bertz CT molecular complexity index is 1100. The Morgan fingerprint density at radius 1 is 1.17 bits per heavy atom. The van der Waals surface area contributed by atoms with Gasteiger partial charge in [-0.05, 0) is 66.2 Å². The normalized spacial score (nSPS) is 12.9. The molecule has 1 aliphatic heterocycles. The lowest BCUT2D eigenvalue weighted by Gasteiger charge is -2.28. The molecule has 0 radical (unpaired) electrons. The lowest BCUT2D eigenvalue weighted by atomic mass is 10.0. The molecule has 30 heavy (non-hydrogen) atoms. The van der Waals surface area contributed by atoms with Gasteiger partial charge in [0.2, 0.25) is 5.91 Å². The van der Waals surface area contributed by atoms with Crippen LogP contribution in [0.4, 0.5) is 11.4 Å². The molecule has 0 bridgehead atoms. The molecular formula is C23H22ClN3O2S. The van der Waals surface area contributed by atoms with E-state index in [1.165, 1.54) is 10.4 Å². The largest absolute Gasteiger partial charge is 0.376 e. The van der Waals surface area contributed by atoms with E-state index in [4.69, 9.17) is 11.6 Å². The number of carbonyl (C=O) groups is 2. The second-order valence-corrected chi connectivity index (χ2v) is 8.67. The third kappa shape index (κ3) is 4.50. The molecule has 3 aromatic rings. The molecule has 2 amide bonds. The van der Waals surface area contributed by atoms with E-state index in [-0.39, 0.29) is 18.4 Å². The fourth-order valence-electron chi connectivity index (χ4n) is 3.60. The molecule has 1 aliphatic rings. The zero-order chi connectivity index (χ0) is 21.1. The molecule has 0 saturated carbocycles. The fraction of sp³-hybridized carbons (Fsp3) is 0.217. The standard InChI is InChI=1S/C23H22ClN3O2S/c1-15-19(23(29)27-10-8-21-16(14-27)9-11-30-21)6-3-7-20(15)25-13-22(28)26-18-5-2-4-17(24)12-18/h2-7,9,11-12,25H,8,10,13-14H2,1H3,(H,26,28). The van der Waals surface area contributed by atoms with Gasteiger partial charge in [0.1, 0.15) is 0 Å². The van der Waals surface area contributed by atoms with Crippen LogP contribution in [-0.2, 0) is 17.8 Å². The number of amides is 2. The van der Waals surface area contributed by atoms with Crippen molar-refractivity contribution in [3.63, 3.8) is 0 Å². The Kier molecular flexibility index (Phi) is 6.06. The van der Waals surface area contributed by atoms with Gasteiger partial charge >= 0.3 is 0 Å². The van der Waals surface area contributed by atoms with Crippen LogP contribution in [0.2, 0.25) is 5.02 Å². The van der Waals surface area contributed by atoms with Crippen LogP contribution in [0.3, 0.4) is 0 Å². The van der Waals surface area contributed by atoms with E-state index in [9.17, 15) is 9.59 Å². The molecular weight excluding hydrogens is 418 g/mol. The van der Waals surface area contributed by atoms with E-state index in [1.807, 2.05) is 30.0 Å². The third-order valence-electron chi connectivity index (χ3n) is 5.21. The molecule has 7 heteroatoms. The number of rotatable bonds is 5. The van der Waals surface area contributed by atoms with Gasteiger partial charge in [-0.15, -0.1) is 11.3 Å². The second-order valence-electron chi connectivity index (χ2n) is 7.24. The predicted octanol–water partition coefficient (Wildman–Crippen LogP) is 4.96. The van der Waals surface area contributed by atoms with Gasteiger partial charge in [0, 0.05) is 39.9 Å². The summed E-state index contributed by atoms with van der Waals surface area (Å²) < 4.78 is 0. The SMILES string of the molecule is Cc1c(NCC(=O)Nc2cccc(Cl)c2)cccc1C(=O)N1CCc2sccc2C1. The molecule has 154 valence electrons. The zero-order valence-corrected chi connectivity index (χ0v) is 18.1. The summed E-state index contributed by atoms with van der Waals surface area (Å²) in [7, 11) is 0. The smallest absolute Gasteiger partial charge is 0.254 e. The van der Waals surface area contributed by atoms with Crippen molar-refractivity contribution in [2.45, 2.75) is 19.9 Å². The van der Waals surface area contributed by atoms with Crippen LogP contribution >= 0.6 is 22.9 Å². The summed E-state index contributed by atoms with van der Waals surface area (Å²) >= 11 is 7.71. The minimum atomic E-state index is -0.186. The van der Waals surface area contributed by atoms with E-state index >= 15 is 0 Å². The Labute approximate surface area is 184 Å². The van der Waals surface area contributed by atoms with Gasteiger partial charge in [-0.25, -0.2) is 0 Å². The first-order valence-corrected chi connectivity index (χ1v) is 11.0. The summed E-state index contributed by atoms with van der Waals surface area (Å²) in [4.78, 5) is 28.7. The maximum Gasteiger partial charge on any atom is 0.254 e. The summed E-state index contributed by atoms with van der Waals surface area (Å²) in [6.45, 7) is 3.37. The van der Waals surface area contributed by atoms with Crippen molar-refractivity contribution in [2.75, 3.05) is 23.7 Å². The van der Waals surface area contributed by atoms with Gasteiger partial charge in [0.05, 0.1) is 6.54 Å². The lowest BCUT2D eigenvalue weighted by molar-refractivity contribution is -0.114. The molecule has 0 atom stereocenters. The molecule has 0 spiro atoms. The second kappa shape index (κ2) is 8.90. The molecule has 0 unspecified atom stereocenters. The highest BCUT2D eigenvalue weighted by Crippen LogP contribution is 2.27. The van der Waals surface area contributed by atoms with Gasteiger partial charge in [0.15, 0.2) is 0 Å². The van der Waals surface area contributed by atoms with E-state index in [0.29, 0.717) is 22.8 Å². The lowest BCUT2D eigenvalue weighted by Crippen LogP contribution is -2.35. The van der Waals surface area contributed by atoms with Crippen molar-refractivity contribution in [2.24, 2.45) is 0 Å². The minimum absolute atomic E-state index is 0.0244. The molecule has 2 heterocycles. The van der Waals surface area contributed by atoms with Crippen molar-refractivity contribution < 1.29 is 9.59 Å². The molecule has 5 nitrogen and oxygen atoms in total. The Hall–Kier alpha value is -2.83. The van der Waals surface area contributed by atoms with Gasteiger partial charge in [-0.2, -0.15) is 0 Å². The van der Waals surface area contributed by atoms with Gasteiger partial charge in [0.25, 0.3) is 5.91 Å². The number of carbonyl (C=O) groups excluding carboxylic acids is 2. The van der Waals surface area contributed by atoms with E-state index in [1.54, 1.807) is 35.6 Å². The average Bonchev–Trinajstić information content (AvgIpc) is 3.20. The monoisotopic (exact) mass is 439 g/mol. The van der Waals surface area contributed by atoms with Crippen LogP contribution in [0, 0.1) is 6.92 Å². The van der Waals surface area contributed by atoms with Crippen molar-refractivity contribution in [1.29, 1.82) is 0 Å². The molecule has 0 saturated heterocycles. The molecule has 4 rings (SSSR count). The number of anilines is 2. The molecule has 2 N–H and O–H groups in total. The molecule has 0 fully saturated rings. The molecule has 0 aliphatic carbocycles. The highest BCUT2D eigenvalue weighted by Gasteiger charge is 2.24. The first-order chi connectivity index (χ1) is 14.5. The van der Waals surface area contributed by atoms with Crippen molar-refractivity contribution in [1.82, 2.24) is 4.90 Å². The third-order valence-corrected chi connectivity index (χ3v) is 6.46. The average molecular weight is 440 g/mol. The van der Waals surface area contributed by atoms with Gasteiger partial charge in [-0.1, -0.05) is 23.7 Å². The number of fused-ring (bicyclic) bond motifs is 1. The maximum atomic E-state index is 13.1. The van der Waals surface area contributed by atoms with Crippen molar-refractivity contribution >= 4 is 46.1 Å². The highest BCUT2D eigenvalue weighted by molar-refractivity contribution is 7.10. The number of hydrogen-bond acceptors (Lipinski definition) is 4. The van der Waals surface area contributed by atoms with Gasteiger partial charge in [-0.3, -0.25) is 9.59 Å². The number of nitrogens with zero attached hydrogens (tertiary/aromatic N) is 1. The van der Waals surface area contributed by atoms with Crippen LogP contribution in [-0.4, -0.2) is 29.8 Å². The Balaban J connectivity index is 1.41. The maximum absolute atomic E-state index is 13.1. The first kappa shape index (κ1) is 20.4. The molecule has 1 aromatic heterocycles. The summed E-state index contributed by atoms with van der Waals surface area (Å²) in [5.74, 6) is -0.161. The van der Waals surface area contributed by atoms with Crippen LogP contribution < -0.4 is 10.6 Å². The number of hydrogen-bond donors (Lipinski definition) is 2. The van der Waals surface area contributed by atoms with E-state index in [0.717, 1.165) is 24.2 Å². The Morgan fingerprint density at radius 3 is 2.83 bits per heavy atom. The van der Waals surface area contributed by atoms with Crippen LogP contribution in [0.1, 0.15) is 26.4 Å². The first-order valence-electron chi connectivity index (χ1n) is 9.74. The zero-order valence-electron chi connectivity index (χ0n) is 16.6. The number of thiophene rings is 1. The van der Waals surface area contributed by atoms with E-state index < -0.39 is 0 Å². The quantitative estimate of drug-likeness (QED) is 0.590. The summed E-state index contributed by atoms with van der Waals surface area (Å²) in [6, 6.07) is 14.7. The summed E-state index contributed by atoms with van der Waals surface area (Å²) in [5.41, 5.74) is 4.16. The number of halogens is 1. The van der Waals surface area contributed by atoms with Crippen LogP contribution in [0.25, 0.3) is 0 Å². The fourth-order valence-corrected chi connectivity index (χ4v) is 4.68. The predicted molar refractivity (Wildman–Crippen MR) is 123 cm³/mol. The van der Waals surface area contributed by atoms with Crippen molar-refractivity contribution in [3.8, 4) is 0 Å². The highest BCUT2D eigenvalue weighted by atomic mass is 35.5. The summed E-state index contributed by atoms with van der Waals surface area (Å²) in [6.07, 6.45) is 0.902. The minimum Gasteiger partial charge on any atom is -0.376 e. The van der Waals surface area contributed by atoms with Crippen LogP contribution in [0.15, 0.2) is 53.9 Å². The Morgan fingerprint density at radius 2 is 2.00 bits per heavy atom. The van der Waals surface area contributed by atoms with Gasteiger partial charge < -0.3 is 15.5 Å². The summed E-state index contributed by atoms with van der Waals surface area (Å²) in [5, 5.41) is 8.60. The number of benzene rings is 2. The topological polar surface area (TPSA) is 61.4 Å². The van der Waals surface area contributed by atoms with E-state index in [2.05, 4.69) is 22.1 Å². The van der Waals surface area contributed by atoms with Crippen molar-refractivity contribution in [3.05, 3.63) is 80.5 Å².